The Kier molecular flexibility index (Phi) is 6.03. The fourth-order valence-corrected chi connectivity index (χ4v) is 1.82. The molecule has 0 aliphatic carbocycles. The van der Waals surface area contributed by atoms with Gasteiger partial charge in [0.25, 0.3) is 0 Å². The molecule has 5 nitrogen and oxygen atoms in total. The lowest BCUT2D eigenvalue weighted by Gasteiger charge is -2.11. The van der Waals surface area contributed by atoms with Gasteiger partial charge in [-0.15, -0.1) is 0 Å². The molecule has 0 bridgehead atoms. The minimum Gasteiger partial charge on any atom is -0.469 e. The summed E-state index contributed by atoms with van der Waals surface area (Å²) in [5.41, 5.74) is 7.35. The molecule has 0 fully saturated rings. The topological polar surface area (TPSA) is 78.6 Å². The van der Waals surface area contributed by atoms with Crippen molar-refractivity contribution >= 4 is 17.6 Å². The second-order valence-corrected chi connectivity index (χ2v) is 4.69. The van der Waals surface area contributed by atoms with Gasteiger partial charge in [0.2, 0.25) is 0 Å². The normalized spacial score (nSPS) is 11.8. The molecule has 1 aromatic carbocycles. The largest absolute Gasteiger partial charge is 0.469 e. The van der Waals surface area contributed by atoms with Crippen LogP contribution in [-0.4, -0.2) is 25.7 Å². The summed E-state index contributed by atoms with van der Waals surface area (Å²) >= 11 is 0. The van der Waals surface area contributed by atoms with Crippen molar-refractivity contribution in [1.29, 1.82) is 0 Å². The van der Waals surface area contributed by atoms with E-state index in [0.717, 1.165) is 12.0 Å². The first kappa shape index (κ1) is 16.0. The summed E-state index contributed by atoms with van der Waals surface area (Å²) in [5.74, 6) is -0.989. The molecule has 0 aromatic heterocycles. The first-order valence-electron chi connectivity index (χ1n) is 6.63. The monoisotopic (exact) mass is 279 g/mol. The van der Waals surface area contributed by atoms with Crippen LogP contribution in [0.1, 0.15) is 36.2 Å². The Labute approximate surface area is 119 Å². The first-order chi connectivity index (χ1) is 9.49. The Morgan fingerprint density at radius 3 is 2.65 bits per heavy atom. The average molecular weight is 279 g/mol. The molecule has 1 atom stereocenters. The van der Waals surface area contributed by atoms with Crippen molar-refractivity contribution in [3.8, 4) is 0 Å². The molecule has 0 spiro atoms. The summed E-state index contributed by atoms with van der Waals surface area (Å²) in [6.07, 6.45) is 1.24. The molecule has 0 heterocycles. The number of benzene rings is 1. The van der Waals surface area contributed by atoms with Gasteiger partial charge in [-0.25, -0.2) is 4.79 Å². The zero-order valence-electron chi connectivity index (χ0n) is 12.1. The Bertz CT molecular complexity index is 485. The van der Waals surface area contributed by atoms with Crippen LogP contribution in [0.3, 0.4) is 0 Å². The Hall–Kier alpha value is -2.04. The van der Waals surface area contributed by atoms with Crippen LogP contribution in [0.4, 0.5) is 5.69 Å². The predicted octanol–water partition coefficient (Wildman–Crippen LogP) is 2.19. The molecule has 0 saturated carbocycles. The van der Waals surface area contributed by atoms with Crippen molar-refractivity contribution < 1.29 is 19.1 Å². The highest BCUT2D eigenvalue weighted by Crippen LogP contribution is 2.18. The molecule has 20 heavy (non-hydrogen) atoms. The van der Waals surface area contributed by atoms with E-state index in [1.807, 2.05) is 6.92 Å². The van der Waals surface area contributed by atoms with E-state index in [4.69, 9.17) is 10.5 Å². The molecule has 0 aliphatic heterocycles. The van der Waals surface area contributed by atoms with Crippen LogP contribution in [0, 0.1) is 5.92 Å². The Balaban J connectivity index is 2.85. The van der Waals surface area contributed by atoms with Crippen molar-refractivity contribution in [1.82, 2.24) is 0 Å². The van der Waals surface area contributed by atoms with Gasteiger partial charge < -0.3 is 15.2 Å². The van der Waals surface area contributed by atoms with E-state index in [1.54, 1.807) is 25.1 Å². The van der Waals surface area contributed by atoms with Crippen molar-refractivity contribution in [2.24, 2.45) is 5.92 Å². The second-order valence-electron chi connectivity index (χ2n) is 4.69. The minimum absolute atomic E-state index is 0.275. The van der Waals surface area contributed by atoms with Gasteiger partial charge in [-0.1, -0.05) is 19.9 Å². The highest BCUT2D eigenvalue weighted by molar-refractivity contribution is 5.95. The molecule has 1 rings (SSSR count). The molecular weight excluding hydrogens is 258 g/mol. The van der Waals surface area contributed by atoms with Gasteiger partial charge in [0.15, 0.2) is 0 Å². The Morgan fingerprint density at radius 1 is 1.35 bits per heavy atom. The highest BCUT2D eigenvalue weighted by atomic mass is 16.5. The number of nitrogen functional groups attached to an aromatic ring is 1. The van der Waals surface area contributed by atoms with Crippen LogP contribution in [0.5, 0.6) is 0 Å². The van der Waals surface area contributed by atoms with Gasteiger partial charge in [-0.2, -0.15) is 0 Å². The number of ether oxygens (including phenoxy) is 2. The van der Waals surface area contributed by atoms with Crippen molar-refractivity contribution in [3.05, 3.63) is 29.3 Å². The second kappa shape index (κ2) is 7.53. The number of esters is 2. The molecule has 0 amide bonds. The smallest absolute Gasteiger partial charge is 0.340 e. The van der Waals surface area contributed by atoms with E-state index >= 15 is 0 Å². The van der Waals surface area contributed by atoms with Crippen molar-refractivity contribution in [2.75, 3.05) is 19.5 Å². The van der Waals surface area contributed by atoms with Gasteiger partial charge in [0.05, 0.1) is 25.2 Å². The number of hydrogen-bond acceptors (Lipinski definition) is 5. The molecule has 110 valence electrons. The minimum atomic E-state index is -0.433. The van der Waals surface area contributed by atoms with Crippen LogP contribution in [0.2, 0.25) is 0 Å². The number of methoxy groups -OCH3 is 1. The van der Waals surface area contributed by atoms with Crippen LogP contribution < -0.4 is 5.73 Å². The van der Waals surface area contributed by atoms with Gasteiger partial charge in [-0.3, -0.25) is 4.79 Å². The summed E-state index contributed by atoms with van der Waals surface area (Å²) in [6.45, 7) is 4.06. The molecule has 0 radical (unpaired) electrons. The van der Waals surface area contributed by atoms with Gasteiger partial charge >= 0.3 is 11.9 Å². The van der Waals surface area contributed by atoms with Gasteiger partial charge in [-0.05, 0) is 30.5 Å². The molecule has 1 aromatic rings. The number of anilines is 1. The number of carbonyl (C=O) groups excluding carboxylic acids is 2. The van der Waals surface area contributed by atoms with E-state index in [1.165, 1.54) is 7.11 Å². The van der Waals surface area contributed by atoms with E-state index in [2.05, 4.69) is 4.74 Å². The lowest BCUT2D eigenvalue weighted by molar-refractivity contribution is -0.144. The average Bonchev–Trinajstić information content (AvgIpc) is 2.45. The summed E-state index contributed by atoms with van der Waals surface area (Å²) in [6, 6.07) is 5.13. The maximum Gasteiger partial charge on any atom is 0.340 e. The standard InChI is InChI=1S/C15H21NO4/c1-4-7-20-15(18)12-9-11(5-6-13(12)16)8-10(2)14(17)19-3/h5-6,9-10H,4,7-8,16H2,1-3H3. The van der Waals surface area contributed by atoms with Crippen LogP contribution in [-0.2, 0) is 20.7 Å². The molecule has 2 N–H and O–H groups in total. The van der Waals surface area contributed by atoms with Gasteiger partial charge in [0, 0.05) is 5.69 Å². The number of nitrogens with two attached hydrogens (primary N) is 1. The van der Waals surface area contributed by atoms with Crippen molar-refractivity contribution in [3.63, 3.8) is 0 Å². The number of rotatable bonds is 6. The molecule has 0 saturated heterocycles. The molecule has 0 aliphatic rings. The summed E-state index contributed by atoms with van der Waals surface area (Å²) < 4.78 is 9.76. The van der Waals surface area contributed by atoms with E-state index in [0.29, 0.717) is 24.3 Å². The van der Waals surface area contributed by atoms with Crippen LogP contribution >= 0.6 is 0 Å². The molecule has 1 unspecified atom stereocenters. The highest BCUT2D eigenvalue weighted by Gasteiger charge is 2.16. The number of carbonyl (C=O) groups is 2. The maximum absolute atomic E-state index is 11.9. The zero-order chi connectivity index (χ0) is 15.1. The van der Waals surface area contributed by atoms with Gasteiger partial charge in [0.1, 0.15) is 0 Å². The maximum atomic E-state index is 11.9. The summed E-state index contributed by atoms with van der Waals surface area (Å²) in [5, 5.41) is 0. The summed E-state index contributed by atoms with van der Waals surface area (Å²) in [4.78, 5) is 23.3. The SMILES string of the molecule is CCCOC(=O)c1cc(CC(C)C(=O)OC)ccc1N. The predicted molar refractivity (Wildman–Crippen MR) is 76.3 cm³/mol. The third kappa shape index (κ3) is 4.26. The lowest BCUT2D eigenvalue weighted by atomic mass is 9.99. The van der Waals surface area contributed by atoms with E-state index in [-0.39, 0.29) is 11.9 Å². The quantitative estimate of drug-likeness (QED) is 0.638. The zero-order valence-corrected chi connectivity index (χ0v) is 12.1. The van der Waals surface area contributed by atoms with E-state index in [9.17, 15) is 9.59 Å². The van der Waals surface area contributed by atoms with E-state index < -0.39 is 5.97 Å². The third-order valence-corrected chi connectivity index (χ3v) is 2.92. The molecular formula is C15H21NO4. The summed E-state index contributed by atoms with van der Waals surface area (Å²) in [7, 11) is 1.36. The Morgan fingerprint density at radius 2 is 2.05 bits per heavy atom. The van der Waals surface area contributed by atoms with Crippen LogP contribution in [0.15, 0.2) is 18.2 Å². The lowest BCUT2D eigenvalue weighted by Crippen LogP contribution is -2.16. The first-order valence-corrected chi connectivity index (χ1v) is 6.63. The van der Waals surface area contributed by atoms with Crippen LogP contribution in [0.25, 0.3) is 0 Å². The van der Waals surface area contributed by atoms with Crippen molar-refractivity contribution in [2.45, 2.75) is 26.7 Å². The molecule has 5 heteroatoms. The fourth-order valence-electron chi connectivity index (χ4n) is 1.82. The fraction of sp³-hybridized carbons (Fsp3) is 0.467. The third-order valence-electron chi connectivity index (χ3n) is 2.92. The number of hydrogen-bond donors (Lipinski definition) is 1.